The van der Waals surface area contributed by atoms with Crippen LogP contribution in [0.25, 0.3) is 0 Å². The number of rotatable bonds is 3. The average Bonchev–Trinajstić information content (AvgIpc) is 2.49. The Kier molecular flexibility index (Phi) is 4.70. The fourth-order valence-corrected chi connectivity index (χ4v) is 1.95. The number of carbonyl (C=O) groups is 2. The van der Waals surface area contributed by atoms with Crippen LogP contribution in [0, 0.1) is 6.92 Å². The van der Waals surface area contributed by atoms with Gasteiger partial charge in [-0.2, -0.15) is 0 Å². The molecule has 0 aromatic heterocycles. The summed E-state index contributed by atoms with van der Waals surface area (Å²) < 4.78 is 10.1. The molecular formula is C14H18N2O4. The third-order valence-corrected chi connectivity index (χ3v) is 3.14. The van der Waals surface area contributed by atoms with E-state index in [-0.39, 0.29) is 5.91 Å². The Labute approximate surface area is 117 Å². The van der Waals surface area contributed by atoms with Crippen LogP contribution < -0.4 is 10.6 Å². The summed E-state index contributed by atoms with van der Waals surface area (Å²) in [6.07, 6.45) is -0.509. The lowest BCUT2D eigenvalue weighted by Gasteiger charge is -2.23. The van der Waals surface area contributed by atoms with Crippen molar-refractivity contribution in [2.45, 2.75) is 13.0 Å². The van der Waals surface area contributed by atoms with Crippen molar-refractivity contribution in [2.24, 2.45) is 0 Å². The van der Waals surface area contributed by atoms with Gasteiger partial charge >= 0.3 is 5.97 Å². The van der Waals surface area contributed by atoms with Gasteiger partial charge in [0.25, 0.3) is 5.91 Å². The molecule has 108 valence electrons. The number of benzene rings is 1. The average molecular weight is 278 g/mol. The highest BCUT2D eigenvalue weighted by atomic mass is 16.5. The maximum atomic E-state index is 12.1. The van der Waals surface area contributed by atoms with Crippen LogP contribution in [0.15, 0.2) is 18.2 Å². The second-order valence-corrected chi connectivity index (χ2v) is 4.57. The zero-order valence-electron chi connectivity index (χ0n) is 11.6. The lowest BCUT2D eigenvalue weighted by atomic mass is 10.1. The van der Waals surface area contributed by atoms with Gasteiger partial charge in [0.2, 0.25) is 0 Å². The number of hydrogen-bond donors (Lipinski definition) is 2. The number of amides is 1. The Morgan fingerprint density at radius 2 is 2.25 bits per heavy atom. The van der Waals surface area contributed by atoms with Crippen LogP contribution >= 0.6 is 0 Å². The van der Waals surface area contributed by atoms with Gasteiger partial charge in [0.15, 0.2) is 0 Å². The highest BCUT2D eigenvalue weighted by Gasteiger charge is 2.22. The van der Waals surface area contributed by atoms with Gasteiger partial charge in [-0.3, -0.25) is 4.79 Å². The monoisotopic (exact) mass is 278 g/mol. The van der Waals surface area contributed by atoms with Crippen LogP contribution in [0.2, 0.25) is 0 Å². The van der Waals surface area contributed by atoms with Crippen molar-refractivity contribution < 1.29 is 19.1 Å². The molecule has 0 saturated carbocycles. The number of methoxy groups -OCH3 is 1. The van der Waals surface area contributed by atoms with E-state index in [4.69, 9.17) is 4.74 Å². The van der Waals surface area contributed by atoms with E-state index in [9.17, 15) is 9.59 Å². The first kappa shape index (κ1) is 14.5. The maximum Gasteiger partial charge on any atom is 0.337 e. The molecule has 0 bridgehead atoms. The lowest BCUT2D eigenvalue weighted by Crippen LogP contribution is -2.45. The Hall–Kier alpha value is -1.92. The Morgan fingerprint density at radius 1 is 1.45 bits per heavy atom. The van der Waals surface area contributed by atoms with Gasteiger partial charge in [0, 0.05) is 18.8 Å². The largest absolute Gasteiger partial charge is 0.465 e. The van der Waals surface area contributed by atoms with Crippen LogP contribution in [-0.4, -0.2) is 44.8 Å². The minimum absolute atomic E-state index is 0.220. The van der Waals surface area contributed by atoms with Gasteiger partial charge in [-0.05, 0) is 24.6 Å². The number of hydrogen-bond acceptors (Lipinski definition) is 5. The molecule has 1 aliphatic heterocycles. The zero-order valence-corrected chi connectivity index (χ0v) is 11.6. The molecular weight excluding hydrogens is 260 g/mol. The molecule has 1 unspecified atom stereocenters. The van der Waals surface area contributed by atoms with Gasteiger partial charge in [-0.15, -0.1) is 0 Å². The first-order valence-corrected chi connectivity index (χ1v) is 6.44. The van der Waals surface area contributed by atoms with E-state index >= 15 is 0 Å². The summed E-state index contributed by atoms with van der Waals surface area (Å²) in [5.74, 6) is -0.654. The molecule has 2 rings (SSSR count). The Bertz CT molecular complexity index is 510. The van der Waals surface area contributed by atoms with Crippen LogP contribution in [0.4, 0.5) is 5.69 Å². The number of esters is 1. The molecule has 1 heterocycles. The predicted molar refractivity (Wildman–Crippen MR) is 73.8 cm³/mol. The molecule has 6 heteroatoms. The topological polar surface area (TPSA) is 76.7 Å². The van der Waals surface area contributed by atoms with Crippen LogP contribution in [-0.2, 0) is 14.3 Å². The van der Waals surface area contributed by atoms with Gasteiger partial charge in [-0.25, -0.2) is 4.79 Å². The number of morpholine rings is 1. The summed E-state index contributed by atoms with van der Waals surface area (Å²) in [6, 6.07) is 5.03. The minimum Gasteiger partial charge on any atom is -0.465 e. The summed E-state index contributed by atoms with van der Waals surface area (Å²) in [5.41, 5.74) is 1.86. The summed E-state index contributed by atoms with van der Waals surface area (Å²) >= 11 is 0. The minimum atomic E-state index is -0.509. The number of ether oxygens (including phenoxy) is 2. The van der Waals surface area contributed by atoms with Crippen LogP contribution in [0.1, 0.15) is 15.9 Å². The highest BCUT2D eigenvalue weighted by molar-refractivity contribution is 5.97. The highest BCUT2D eigenvalue weighted by Crippen LogP contribution is 2.18. The Balaban J connectivity index is 2.11. The third kappa shape index (κ3) is 3.34. The zero-order chi connectivity index (χ0) is 14.5. The molecule has 1 aromatic rings. The van der Waals surface area contributed by atoms with Crippen molar-refractivity contribution in [3.05, 3.63) is 29.3 Å². The normalized spacial score (nSPS) is 18.4. The number of anilines is 1. The van der Waals surface area contributed by atoms with Crippen molar-refractivity contribution in [3.8, 4) is 0 Å². The summed E-state index contributed by atoms with van der Waals surface area (Å²) in [6.45, 7) is 3.61. The molecule has 2 N–H and O–H groups in total. The van der Waals surface area contributed by atoms with E-state index in [2.05, 4.69) is 15.4 Å². The van der Waals surface area contributed by atoms with Crippen molar-refractivity contribution in [1.29, 1.82) is 0 Å². The van der Waals surface area contributed by atoms with Gasteiger partial charge in [-0.1, -0.05) is 6.07 Å². The van der Waals surface area contributed by atoms with Crippen LogP contribution in [0.3, 0.4) is 0 Å². The van der Waals surface area contributed by atoms with E-state index in [0.717, 1.165) is 12.1 Å². The van der Waals surface area contributed by atoms with Crippen molar-refractivity contribution in [1.82, 2.24) is 5.32 Å². The van der Waals surface area contributed by atoms with Crippen molar-refractivity contribution in [2.75, 3.05) is 32.1 Å². The standard InChI is InChI=1S/C14H18N2O4/c1-9-3-4-10(14(18)19-2)7-11(9)16-13(17)12-8-15-5-6-20-12/h3-4,7,12,15H,5-6,8H2,1-2H3,(H,16,17). The molecule has 1 aromatic carbocycles. The van der Waals surface area contributed by atoms with Crippen molar-refractivity contribution >= 4 is 17.6 Å². The quantitative estimate of drug-likeness (QED) is 0.796. The molecule has 0 spiro atoms. The smallest absolute Gasteiger partial charge is 0.337 e. The second kappa shape index (κ2) is 6.49. The second-order valence-electron chi connectivity index (χ2n) is 4.57. The van der Waals surface area contributed by atoms with E-state index in [1.54, 1.807) is 18.2 Å². The third-order valence-electron chi connectivity index (χ3n) is 3.14. The summed E-state index contributed by atoms with van der Waals surface area (Å²) in [4.78, 5) is 23.6. The first-order chi connectivity index (χ1) is 9.61. The van der Waals surface area contributed by atoms with E-state index in [1.807, 2.05) is 6.92 Å². The van der Waals surface area contributed by atoms with E-state index < -0.39 is 12.1 Å². The number of carbonyl (C=O) groups excluding carboxylic acids is 2. The molecule has 6 nitrogen and oxygen atoms in total. The molecule has 1 atom stereocenters. The van der Waals surface area contributed by atoms with Gasteiger partial charge in [0.1, 0.15) is 6.10 Å². The van der Waals surface area contributed by atoms with Crippen LogP contribution in [0.5, 0.6) is 0 Å². The van der Waals surface area contributed by atoms with E-state index in [1.165, 1.54) is 7.11 Å². The number of nitrogens with one attached hydrogen (secondary N) is 2. The molecule has 1 fully saturated rings. The molecule has 1 amide bonds. The maximum absolute atomic E-state index is 12.1. The molecule has 1 aliphatic rings. The van der Waals surface area contributed by atoms with E-state index in [0.29, 0.717) is 24.4 Å². The molecule has 20 heavy (non-hydrogen) atoms. The lowest BCUT2D eigenvalue weighted by molar-refractivity contribution is -0.128. The predicted octanol–water partition coefficient (Wildman–Crippen LogP) is 0.709. The van der Waals surface area contributed by atoms with Gasteiger partial charge in [0.05, 0.1) is 19.3 Å². The fourth-order valence-electron chi connectivity index (χ4n) is 1.95. The van der Waals surface area contributed by atoms with Crippen molar-refractivity contribution in [3.63, 3.8) is 0 Å². The SMILES string of the molecule is COC(=O)c1ccc(C)c(NC(=O)C2CNCCO2)c1. The molecule has 0 radical (unpaired) electrons. The molecule has 0 aliphatic carbocycles. The molecule has 1 saturated heterocycles. The first-order valence-electron chi connectivity index (χ1n) is 6.44. The van der Waals surface area contributed by atoms with Gasteiger partial charge < -0.3 is 20.1 Å². The summed E-state index contributed by atoms with van der Waals surface area (Å²) in [5, 5.41) is 5.88. The fraction of sp³-hybridized carbons (Fsp3) is 0.429. The summed E-state index contributed by atoms with van der Waals surface area (Å²) in [7, 11) is 1.32. The number of aryl methyl sites for hydroxylation is 1. The Morgan fingerprint density at radius 3 is 2.90 bits per heavy atom.